The fourth-order valence-corrected chi connectivity index (χ4v) is 3.07. The minimum atomic E-state index is -0.155. The number of nitrogens with zero attached hydrogens (tertiary/aromatic N) is 1. The summed E-state index contributed by atoms with van der Waals surface area (Å²) < 4.78 is 0. The van der Waals surface area contributed by atoms with Crippen molar-refractivity contribution in [3.05, 3.63) is 35.4 Å². The SMILES string of the molecule is CCCC(=O)NCC(=O)NCc1ccc(CN2CCCCCC2)cc1. The molecule has 0 atom stereocenters. The molecule has 25 heavy (non-hydrogen) atoms. The molecule has 1 aromatic rings. The van der Waals surface area contributed by atoms with Crippen LogP contribution in [0.2, 0.25) is 0 Å². The lowest BCUT2D eigenvalue weighted by atomic mass is 10.1. The maximum Gasteiger partial charge on any atom is 0.239 e. The second-order valence-electron chi connectivity index (χ2n) is 6.81. The summed E-state index contributed by atoms with van der Waals surface area (Å²) in [6, 6.07) is 8.44. The number of amides is 2. The average molecular weight is 345 g/mol. The molecule has 1 aliphatic heterocycles. The molecule has 0 saturated carbocycles. The molecule has 2 N–H and O–H groups in total. The van der Waals surface area contributed by atoms with E-state index in [0.717, 1.165) is 18.5 Å². The van der Waals surface area contributed by atoms with Crippen LogP contribution in [0.15, 0.2) is 24.3 Å². The number of benzene rings is 1. The highest BCUT2D eigenvalue weighted by atomic mass is 16.2. The third-order valence-corrected chi connectivity index (χ3v) is 4.54. The van der Waals surface area contributed by atoms with Crippen LogP contribution in [0.3, 0.4) is 0 Å². The van der Waals surface area contributed by atoms with Gasteiger partial charge in [-0.15, -0.1) is 0 Å². The molecule has 0 aromatic heterocycles. The van der Waals surface area contributed by atoms with E-state index in [2.05, 4.69) is 39.8 Å². The van der Waals surface area contributed by atoms with Crippen LogP contribution in [0.25, 0.3) is 0 Å². The zero-order valence-corrected chi connectivity index (χ0v) is 15.4. The Morgan fingerprint density at radius 2 is 1.56 bits per heavy atom. The van der Waals surface area contributed by atoms with Gasteiger partial charge >= 0.3 is 0 Å². The van der Waals surface area contributed by atoms with Crippen LogP contribution < -0.4 is 10.6 Å². The number of carbonyl (C=O) groups excluding carboxylic acids is 2. The summed E-state index contributed by atoms with van der Waals surface area (Å²) in [7, 11) is 0. The van der Waals surface area contributed by atoms with Crippen molar-refractivity contribution >= 4 is 11.8 Å². The van der Waals surface area contributed by atoms with Crippen molar-refractivity contribution in [1.29, 1.82) is 0 Å². The molecule has 1 saturated heterocycles. The van der Waals surface area contributed by atoms with Gasteiger partial charge in [0.15, 0.2) is 0 Å². The van der Waals surface area contributed by atoms with E-state index in [1.54, 1.807) is 0 Å². The average Bonchev–Trinajstić information content (AvgIpc) is 2.88. The quantitative estimate of drug-likeness (QED) is 0.761. The van der Waals surface area contributed by atoms with E-state index >= 15 is 0 Å². The Balaban J connectivity index is 1.70. The van der Waals surface area contributed by atoms with Gasteiger partial charge in [-0.2, -0.15) is 0 Å². The minimum Gasteiger partial charge on any atom is -0.350 e. The van der Waals surface area contributed by atoms with Gasteiger partial charge < -0.3 is 10.6 Å². The third kappa shape index (κ3) is 7.69. The Kier molecular flexibility index (Phi) is 8.46. The third-order valence-electron chi connectivity index (χ3n) is 4.54. The van der Waals surface area contributed by atoms with Gasteiger partial charge in [0.05, 0.1) is 6.54 Å². The van der Waals surface area contributed by atoms with Gasteiger partial charge in [-0.3, -0.25) is 14.5 Å². The fourth-order valence-electron chi connectivity index (χ4n) is 3.07. The fraction of sp³-hybridized carbons (Fsp3) is 0.600. The van der Waals surface area contributed by atoms with E-state index < -0.39 is 0 Å². The second-order valence-corrected chi connectivity index (χ2v) is 6.81. The lowest BCUT2D eigenvalue weighted by molar-refractivity contribution is -0.126. The largest absolute Gasteiger partial charge is 0.350 e. The van der Waals surface area contributed by atoms with Crippen molar-refractivity contribution in [1.82, 2.24) is 15.5 Å². The first-order chi connectivity index (χ1) is 12.2. The molecule has 5 nitrogen and oxygen atoms in total. The van der Waals surface area contributed by atoms with Crippen LogP contribution in [-0.4, -0.2) is 36.3 Å². The van der Waals surface area contributed by atoms with Crippen molar-refractivity contribution in [2.45, 2.75) is 58.5 Å². The Labute approximate surface area is 151 Å². The first kappa shape index (κ1) is 19.4. The molecule has 0 bridgehead atoms. The van der Waals surface area contributed by atoms with Gasteiger partial charge in [-0.25, -0.2) is 0 Å². The summed E-state index contributed by atoms with van der Waals surface area (Å²) in [4.78, 5) is 25.6. The molecule has 1 fully saturated rings. The van der Waals surface area contributed by atoms with Crippen molar-refractivity contribution < 1.29 is 9.59 Å². The van der Waals surface area contributed by atoms with Gasteiger partial charge in [0.2, 0.25) is 11.8 Å². The van der Waals surface area contributed by atoms with Crippen molar-refractivity contribution in [3.8, 4) is 0 Å². The zero-order valence-electron chi connectivity index (χ0n) is 15.4. The molecule has 1 heterocycles. The molecule has 1 aliphatic rings. The molecule has 0 radical (unpaired) electrons. The summed E-state index contributed by atoms with van der Waals surface area (Å²) in [5.41, 5.74) is 2.40. The number of likely N-dealkylation sites (tertiary alicyclic amines) is 1. The minimum absolute atomic E-state index is 0.0475. The topological polar surface area (TPSA) is 61.4 Å². The van der Waals surface area contributed by atoms with Gasteiger partial charge in [-0.1, -0.05) is 44.0 Å². The Hall–Kier alpha value is -1.88. The van der Waals surface area contributed by atoms with Crippen molar-refractivity contribution in [2.24, 2.45) is 0 Å². The molecule has 5 heteroatoms. The van der Waals surface area contributed by atoms with E-state index in [4.69, 9.17) is 0 Å². The van der Waals surface area contributed by atoms with E-state index in [9.17, 15) is 9.59 Å². The number of rotatable bonds is 8. The van der Waals surface area contributed by atoms with Gasteiger partial charge in [-0.05, 0) is 43.5 Å². The summed E-state index contributed by atoms with van der Waals surface area (Å²) in [5.74, 6) is -0.228. The summed E-state index contributed by atoms with van der Waals surface area (Å²) in [5, 5.41) is 5.46. The normalized spacial score (nSPS) is 15.4. The van der Waals surface area contributed by atoms with Crippen LogP contribution in [-0.2, 0) is 22.7 Å². The number of hydrogen-bond acceptors (Lipinski definition) is 3. The van der Waals surface area contributed by atoms with Crippen LogP contribution in [0.5, 0.6) is 0 Å². The lowest BCUT2D eigenvalue weighted by Gasteiger charge is -2.19. The predicted octanol–water partition coefficient (Wildman–Crippen LogP) is 2.60. The first-order valence-corrected chi connectivity index (χ1v) is 9.51. The molecule has 0 spiro atoms. The van der Waals surface area contributed by atoms with E-state index in [0.29, 0.717) is 13.0 Å². The van der Waals surface area contributed by atoms with E-state index in [1.165, 1.54) is 44.3 Å². The van der Waals surface area contributed by atoms with Crippen molar-refractivity contribution in [3.63, 3.8) is 0 Å². The van der Waals surface area contributed by atoms with Crippen LogP contribution >= 0.6 is 0 Å². The van der Waals surface area contributed by atoms with Gasteiger partial charge in [0.1, 0.15) is 0 Å². The van der Waals surface area contributed by atoms with Crippen LogP contribution in [0.1, 0.15) is 56.6 Å². The Morgan fingerprint density at radius 3 is 2.20 bits per heavy atom. The second kappa shape index (κ2) is 10.9. The maximum absolute atomic E-state index is 11.8. The molecule has 0 aliphatic carbocycles. The van der Waals surface area contributed by atoms with E-state index in [-0.39, 0.29) is 18.4 Å². The van der Waals surface area contributed by atoms with E-state index in [1.807, 2.05) is 6.92 Å². The highest BCUT2D eigenvalue weighted by Gasteiger charge is 2.09. The summed E-state index contributed by atoms with van der Waals surface area (Å²) in [6.45, 7) is 5.88. The molecular formula is C20H31N3O2. The molecule has 1 aromatic carbocycles. The monoisotopic (exact) mass is 345 g/mol. The number of nitrogens with one attached hydrogen (secondary N) is 2. The maximum atomic E-state index is 11.8. The highest BCUT2D eigenvalue weighted by molar-refractivity contribution is 5.84. The lowest BCUT2D eigenvalue weighted by Crippen LogP contribution is -2.36. The summed E-state index contributed by atoms with van der Waals surface area (Å²) >= 11 is 0. The number of carbonyl (C=O) groups is 2. The summed E-state index contributed by atoms with van der Waals surface area (Å²) in [6.07, 6.45) is 6.57. The molecule has 138 valence electrons. The molecule has 2 rings (SSSR count). The van der Waals surface area contributed by atoms with Crippen LogP contribution in [0, 0.1) is 0 Å². The Bertz CT molecular complexity index is 534. The first-order valence-electron chi connectivity index (χ1n) is 9.51. The van der Waals surface area contributed by atoms with Gasteiger partial charge in [0.25, 0.3) is 0 Å². The standard InChI is InChI=1S/C20H31N3O2/c1-2-7-19(24)22-15-20(25)21-14-17-8-10-18(11-9-17)16-23-12-5-3-4-6-13-23/h8-11H,2-7,12-16H2,1H3,(H,21,25)(H,22,24). The number of hydrogen-bond donors (Lipinski definition) is 2. The van der Waals surface area contributed by atoms with Crippen molar-refractivity contribution in [2.75, 3.05) is 19.6 Å². The molecule has 2 amide bonds. The molecule has 0 unspecified atom stereocenters. The van der Waals surface area contributed by atoms with Gasteiger partial charge in [0, 0.05) is 19.5 Å². The zero-order chi connectivity index (χ0) is 17.9. The highest BCUT2D eigenvalue weighted by Crippen LogP contribution is 2.13. The molecular weight excluding hydrogens is 314 g/mol. The van der Waals surface area contributed by atoms with Crippen LogP contribution in [0.4, 0.5) is 0 Å². The predicted molar refractivity (Wildman–Crippen MR) is 100.0 cm³/mol. The smallest absolute Gasteiger partial charge is 0.239 e. The Morgan fingerprint density at radius 1 is 0.920 bits per heavy atom.